The van der Waals surface area contributed by atoms with Gasteiger partial charge in [0.25, 0.3) is 0 Å². The van der Waals surface area contributed by atoms with E-state index in [1.54, 1.807) is 25.1 Å². The SMILES string of the molecule is CN(C)C(=O)N1CCC(Nc2ccc(Cl)cc2Cl)CC1. The lowest BCUT2D eigenvalue weighted by molar-refractivity contribution is 0.158. The predicted octanol–water partition coefficient (Wildman–Crippen LogP) is 3.55. The molecule has 0 aromatic heterocycles. The van der Waals surface area contributed by atoms with Crippen molar-refractivity contribution in [2.24, 2.45) is 0 Å². The van der Waals surface area contributed by atoms with E-state index in [9.17, 15) is 4.79 Å². The lowest BCUT2D eigenvalue weighted by Crippen LogP contribution is -2.46. The molecular weight excluding hydrogens is 297 g/mol. The van der Waals surface area contributed by atoms with Gasteiger partial charge in [-0.25, -0.2) is 4.79 Å². The minimum atomic E-state index is 0.0768. The van der Waals surface area contributed by atoms with Crippen LogP contribution in [0, 0.1) is 0 Å². The first-order valence-electron chi connectivity index (χ1n) is 6.65. The molecule has 2 amide bonds. The van der Waals surface area contributed by atoms with Crippen LogP contribution in [-0.4, -0.2) is 49.1 Å². The number of piperidine rings is 1. The third kappa shape index (κ3) is 3.70. The Morgan fingerprint density at radius 2 is 1.95 bits per heavy atom. The zero-order valence-electron chi connectivity index (χ0n) is 11.7. The molecule has 0 atom stereocenters. The van der Waals surface area contributed by atoms with Crippen LogP contribution in [0.4, 0.5) is 10.5 Å². The van der Waals surface area contributed by atoms with Gasteiger partial charge in [0, 0.05) is 38.2 Å². The van der Waals surface area contributed by atoms with E-state index in [0.717, 1.165) is 31.6 Å². The Morgan fingerprint density at radius 3 is 2.50 bits per heavy atom. The van der Waals surface area contributed by atoms with E-state index < -0.39 is 0 Å². The first kappa shape index (κ1) is 15.3. The number of amides is 2. The fourth-order valence-corrected chi connectivity index (χ4v) is 2.79. The highest BCUT2D eigenvalue weighted by molar-refractivity contribution is 6.36. The van der Waals surface area contributed by atoms with Crippen molar-refractivity contribution in [3.8, 4) is 0 Å². The highest BCUT2D eigenvalue weighted by Gasteiger charge is 2.23. The normalized spacial score (nSPS) is 16.1. The first-order chi connectivity index (χ1) is 9.47. The summed E-state index contributed by atoms with van der Waals surface area (Å²) in [6.45, 7) is 1.53. The number of hydrogen-bond acceptors (Lipinski definition) is 2. The summed E-state index contributed by atoms with van der Waals surface area (Å²) in [6.07, 6.45) is 1.83. The van der Waals surface area contributed by atoms with Crippen LogP contribution in [0.25, 0.3) is 0 Å². The van der Waals surface area contributed by atoms with Crippen LogP contribution in [0.5, 0.6) is 0 Å². The standard InChI is InChI=1S/C14H19Cl2N3O/c1-18(2)14(20)19-7-5-11(6-8-19)17-13-4-3-10(15)9-12(13)16/h3-4,9,11,17H,5-8H2,1-2H3. The van der Waals surface area contributed by atoms with E-state index in [4.69, 9.17) is 23.2 Å². The third-order valence-corrected chi connectivity index (χ3v) is 3.99. The molecule has 0 aliphatic carbocycles. The van der Waals surface area contributed by atoms with Gasteiger partial charge in [-0.3, -0.25) is 0 Å². The molecule has 0 spiro atoms. The molecule has 1 aromatic carbocycles. The van der Waals surface area contributed by atoms with Crippen LogP contribution in [0.3, 0.4) is 0 Å². The average Bonchev–Trinajstić information content (AvgIpc) is 2.42. The molecule has 0 bridgehead atoms. The van der Waals surface area contributed by atoms with Crippen molar-refractivity contribution in [3.05, 3.63) is 28.2 Å². The second-order valence-electron chi connectivity index (χ2n) is 5.21. The number of likely N-dealkylation sites (tertiary alicyclic amines) is 1. The molecule has 4 nitrogen and oxygen atoms in total. The zero-order chi connectivity index (χ0) is 14.7. The lowest BCUT2D eigenvalue weighted by Gasteiger charge is -2.34. The van der Waals surface area contributed by atoms with Gasteiger partial charge in [0.15, 0.2) is 0 Å². The number of hydrogen-bond donors (Lipinski definition) is 1. The predicted molar refractivity (Wildman–Crippen MR) is 83.8 cm³/mol. The van der Waals surface area contributed by atoms with Crippen LogP contribution in [0.15, 0.2) is 18.2 Å². The number of rotatable bonds is 2. The molecule has 1 N–H and O–H groups in total. The number of benzene rings is 1. The lowest BCUT2D eigenvalue weighted by atomic mass is 10.0. The van der Waals surface area contributed by atoms with Crippen LogP contribution in [-0.2, 0) is 0 Å². The summed E-state index contributed by atoms with van der Waals surface area (Å²) in [4.78, 5) is 15.3. The summed E-state index contributed by atoms with van der Waals surface area (Å²) in [5.74, 6) is 0. The van der Waals surface area contributed by atoms with Crippen molar-refractivity contribution in [3.63, 3.8) is 0 Å². The molecule has 110 valence electrons. The van der Waals surface area contributed by atoms with Crippen molar-refractivity contribution in [1.29, 1.82) is 0 Å². The number of carbonyl (C=O) groups is 1. The van der Waals surface area contributed by atoms with E-state index in [2.05, 4.69) is 5.32 Å². The third-order valence-electron chi connectivity index (χ3n) is 3.44. The van der Waals surface area contributed by atoms with Crippen molar-refractivity contribution in [1.82, 2.24) is 9.80 Å². The van der Waals surface area contributed by atoms with Gasteiger partial charge in [-0.1, -0.05) is 23.2 Å². The van der Waals surface area contributed by atoms with Crippen LogP contribution < -0.4 is 5.32 Å². The van der Waals surface area contributed by atoms with Crippen molar-refractivity contribution in [2.75, 3.05) is 32.5 Å². The van der Waals surface area contributed by atoms with Gasteiger partial charge < -0.3 is 15.1 Å². The Balaban J connectivity index is 1.90. The van der Waals surface area contributed by atoms with E-state index in [0.29, 0.717) is 16.1 Å². The molecule has 1 fully saturated rings. The quantitative estimate of drug-likeness (QED) is 0.906. The number of halogens is 2. The molecule has 20 heavy (non-hydrogen) atoms. The minimum absolute atomic E-state index is 0.0768. The van der Waals surface area contributed by atoms with Gasteiger partial charge >= 0.3 is 6.03 Å². The second-order valence-corrected chi connectivity index (χ2v) is 6.05. The van der Waals surface area contributed by atoms with Gasteiger partial charge in [-0.15, -0.1) is 0 Å². The summed E-state index contributed by atoms with van der Waals surface area (Å²) in [7, 11) is 3.56. The molecule has 6 heteroatoms. The average molecular weight is 316 g/mol. The maximum Gasteiger partial charge on any atom is 0.319 e. The summed E-state index contributed by atoms with van der Waals surface area (Å²) in [6, 6.07) is 5.85. The summed E-state index contributed by atoms with van der Waals surface area (Å²) in [5, 5.41) is 4.68. The second kappa shape index (κ2) is 6.55. The maximum atomic E-state index is 11.9. The monoisotopic (exact) mass is 315 g/mol. The highest BCUT2D eigenvalue weighted by Crippen LogP contribution is 2.27. The summed E-state index contributed by atoms with van der Waals surface area (Å²) >= 11 is 12.0. The highest BCUT2D eigenvalue weighted by atomic mass is 35.5. The van der Waals surface area contributed by atoms with Gasteiger partial charge in [0.05, 0.1) is 10.7 Å². The summed E-state index contributed by atoms with van der Waals surface area (Å²) < 4.78 is 0. The number of carbonyl (C=O) groups excluding carboxylic acids is 1. The van der Waals surface area contributed by atoms with Crippen LogP contribution in [0.2, 0.25) is 10.0 Å². The number of nitrogens with one attached hydrogen (secondary N) is 1. The van der Waals surface area contributed by atoms with Gasteiger partial charge in [-0.05, 0) is 31.0 Å². The van der Waals surface area contributed by atoms with Crippen LogP contribution in [0.1, 0.15) is 12.8 Å². The fraction of sp³-hybridized carbons (Fsp3) is 0.500. The first-order valence-corrected chi connectivity index (χ1v) is 7.41. The van der Waals surface area contributed by atoms with Crippen molar-refractivity contribution >= 4 is 34.9 Å². The molecule has 2 rings (SSSR count). The zero-order valence-corrected chi connectivity index (χ0v) is 13.2. The fourth-order valence-electron chi connectivity index (χ4n) is 2.32. The van der Waals surface area contributed by atoms with Crippen LogP contribution >= 0.6 is 23.2 Å². The molecule has 1 aliphatic rings. The number of anilines is 1. The Morgan fingerprint density at radius 1 is 1.30 bits per heavy atom. The Labute approximate surface area is 129 Å². The van der Waals surface area contributed by atoms with Gasteiger partial charge in [0.1, 0.15) is 0 Å². The van der Waals surface area contributed by atoms with Gasteiger partial charge in [0.2, 0.25) is 0 Å². The topological polar surface area (TPSA) is 35.6 Å². The largest absolute Gasteiger partial charge is 0.381 e. The smallest absolute Gasteiger partial charge is 0.319 e. The van der Waals surface area contributed by atoms with E-state index >= 15 is 0 Å². The minimum Gasteiger partial charge on any atom is -0.381 e. The molecule has 0 unspecified atom stereocenters. The number of urea groups is 1. The van der Waals surface area contributed by atoms with Crippen molar-refractivity contribution < 1.29 is 4.79 Å². The van der Waals surface area contributed by atoms with E-state index in [-0.39, 0.29) is 6.03 Å². The number of nitrogens with zero attached hydrogens (tertiary/aromatic N) is 2. The Kier molecular flexibility index (Phi) is 5.00. The van der Waals surface area contributed by atoms with Gasteiger partial charge in [-0.2, -0.15) is 0 Å². The van der Waals surface area contributed by atoms with E-state index in [1.807, 2.05) is 17.0 Å². The maximum absolute atomic E-state index is 11.9. The van der Waals surface area contributed by atoms with E-state index in [1.165, 1.54) is 0 Å². The molecule has 1 saturated heterocycles. The molecule has 1 heterocycles. The van der Waals surface area contributed by atoms with Crippen molar-refractivity contribution in [2.45, 2.75) is 18.9 Å². The molecule has 0 radical (unpaired) electrons. The Hall–Kier alpha value is -1.13. The molecule has 1 aromatic rings. The Bertz CT molecular complexity index is 485. The molecule has 0 saturated carbocycles. The molecule has 1 aliphatic heterocycles. The molecular formula is C14H19Cl2N3O. The summed E-state index contributed by atoms with van der Waals surface area (Å²) in [5.41, 5.74) is 0.897.